The number of rotatable bonds is 5. The van der Waals surface area contributed by atoms with Gasteiger partial charge in [-0.2, -0.15) is 0 Å². The quantitative estimate of drug-likeness (QED) is 0.455. The van der Waals surface area contributed by atoms with Crippen LogP contribution in [0.5, 0.6) is 5.75 Å². The second kappa shape index (κ2) is 9.46. The number of hydrogen-bond acceptors (Lipinski definition) is 6. The number of nitrogens with zero attached hydrogens (tertiary/aromatic N) is 1. The van der Waals surface area contributed by atoms with Crippen LogP contribution in [0.1, 0.15) is 77.1 Å². The van der Waals surface area contributed by atoms with Crippen LogP contribution < -0.4 is 4.74 Å². The van der Waals surface area contributed by atoms with Crippen molar-refractivity contribution in [3.63, 3.8) is 0 Å². The van der Waals surface area contributed by atoms with Gasteiger partial charge in [0.15, 0.2) is 0 Å². The Morgan fingerprint density at radius 3 is 2.68 bits per heavy atom. The first kappa shape index (κ1) is 26.0. The zero-order valence-electron chi connectivity index (χ0n) is 22.9. The van der Waals surface area contributed by atoms with Crippen LogP contribution >= 0.6 is 11.3 Å². The highest BCUT2D eigenvalue weighted by Gasteiger charge is 2.65. The van der Waals surface area contributed by atoms with Gasteiger partial charge in [-0.3, -0.25) is 0 Å². The second-order valence-corrected chi connectivity index (χ2v) is 14.6. The molecule has 37 heavy (non-hydrogen) atoms. The Hall–Kier alpha value is -1.21. The number of ether oxygens (including phenoxy) is 1. The van der Waals surface area contributed by atoms with Crippen LogP contribution in [0.3, 0.4) is 0 Å². The molecule has 4 aliphatic rings. The molecule has 1 unspecified atom stereocenters. The zero-order chi connectivity index (χ0) is 26.1. The number of aliphatic hydroxyl groups is 3. The minimum Gasteiger partial charge on any atom is -0.497 e. The summed E-state index contributed by atoms with van der Waals surface area (Å²) in [5.74, 6) is 3.20. The van der Waals surface area contributed by atoms with Gasteiger partial charge in [0.25, 0.3) is 0 Å². The van der Waals surface area contributed by atoms with E-state index in [-0.39, 0.29) is 35.1 Å². The summed E-state index contributed by atoms with van der Waals surface area (Å²) >= 11 is 1.78. The van der Waals surface area contributed by atoms with Crippen molar-refractivity contribution in [3.8, 4) is 5.75 Å². The van der Waals surface area contributed by atoms with Crippen molar-refractivity contribution in [2.45, 2.75) is 96.9 Å². The molecule has 0 amide bonds. The molecule has 0 aliphatic heterocycles. The number of benzene rings is 1. The van der Waals surface area contributed by atoms with Crippen LogP contribution in [0, 0.1) is 46.3 Å². The molecule has 0 bridgehead atoms. The van der Waals surface area contributed by atoms with Crippen LogP contribution in [-0.2, 0) is 6.42 Å². The van der Waals surface area contributed by atoms with Gasteiger partial charge in [0.05, 0.1) is 40.6 Å². The molecule has 3 N–H and O–H groups in total. The minimum absolute atomic E-state index is 0.130. The van der Waals surface area contributed by atoms with E-state index < -0.39 is 0 Å². The van der Waals surface area contributed by atoms with Gasteiger partial charge in [0.1, 0.15) is 5.75 Å². The topological polar surface area (TPSA) is 82.8 Å². The van der Waals surface area contributed by atoms with Crippen molar-refractivity contribution in [1.29, 1.82) is 0 Å². The Labute approximate surface area is 225 Å². The molecule has 1 aromatic heterocycles. The van der Waals surface area contributed by atoms with E-state index in [9.17, 15) is 15.3 Å². The lowest BCUT2D eigenvalue weighted by atomic mass is 9.43. The fourth-order valence-corrected chi connectivity index (χ4v) is 10.8. The average molecular weight is 528 g/mol. The summed E-state index contributed by atoms with van der Waals surface area (Å²) in [4.78, 5) is 4.89. The Kier molecular flexibility index (Phi) is 6.66. The monoisotopic (exact) mass is 527 g/mol. The number of hydrogen-bond donors (Lipinski definition) is 3. The molecular formula is C31H45NO4S. The van der Waals surface area contributed by atoms with E-state index in [1.54, 1.807) is 18.4 Å². The maximum absolute atomic E-state index is 11.8. The molecule has 1 heterocycles. The van der Waals surface area contributed by atoms with E-state index in [2.05, 4.69) is 26.8 Å². The van der Waals surface area contributed by atoms with Crippen LogP contribution in [0.4, 0.5) is 0 Å². The number of methoxy groups -OCH3 is 1. The summed E-state index contributed by atoms with van der Waals surface area (Å²) in [5, 5.41) is 34.8. The summed E-state index contributed by atoms with van der Waals surface area (Å²) in [6.45, 7) is 7.14. The zero-order valence-corrected chi connectivity index (χ0v) is 23.7. The molecule has 0 saturated heterocycles. The highest BCUT2D eigenvalue weighted by atomic mass is 32.1. The molecule has 0 spiro atoms. The predicted molar refractivity (Wildman–Crippen MR) is 148 cm³/mol. The molecule has 6 heteroatoms. The SMILES string of the molecule is COc1ccc2sc(CCC(C)[C@H]3CC[C@H]4[C@@H]5[C@H](O)C[C@@H]6C[C@H](O)CC[C@]6(C)[C@H]5C[C@H](O)[C@]34C)nc2c1. The largest absolute Gasteiger partial charge is 0.497 e. The van der Waals surface area contributed by atoms with Crippen LogP contribution in [0.25, 0.3) is 10.2 Å². The first-order chi connectivity index (χ1) is 17.6. The van der Waals surface area contributed by atoms with Crippen molar-refractivity contribution in [1.82, 2.24) is 4.98 Å². The van der Waals surface area contributed by atoms with Gasteiger partial charge in [-0.1, -0.05) is 20.8 Å². The number of fused-ring (bicyclic) bond motifs is 6. The van der Waals surface area contributed by atoms with Gasteiger partial charge in [-0.25, -0.2) is 4.98 Å². The molecule has 4 saturated carbocycles. The van der Waals surface area contributed by atoms with E-state index in [1.807, 2.05) is 12.1 Å². The Balaban J connectivity index is 1.19. The van der Waals surface area contributed by atoms with Gasteiger partial charge in [0, 0.05) is 6.07 Å². The van der Waals surface area contributed by atoms with Crippen molar-refractivity contribution >= 4 is 21.6 Å². The lowest BCUT2D eigenvalue weighted by Gasteiger charge is -2.63. The standard InChI is InChI=1S/C31H45NO4S/c1-17(5-10-28-32-24-15-20(36-4)6-9-26(24)37-28)21-7-8-22-29-23(16-27(35)31(21,22)3)30(2)12-11-19(33)13-18(30)14-25(29)34/h6,9,15,17-19,21-23,25,27,29,33-35H,5,7-8,10-14,16H2,1-4H3/t17?,18-,19+,21+,22-,23-,25+,27-,29-,30-,31+/m0/s1. The molecule has 5 nitrogen and oxygen atoms in total. The normalized spacial score (nSPS) is 44.2. The number of aryl methyl sites for hydroxylation is 1. The van der Waals surface area contributed by atoms with Crippen LogP contribution in [0.2, 0.25) is 0 Å². The predicted octanol–water partition coefficient (Wildman–Crippen LogP) is 5.84. The summed E-state index contributed by atoms with van der Waals surface area (Å²) in [7, 11) is 1.69. The maximum Gasteiger partial charge on any atom is 0.121 e. The van der Waals surface area contributed by atoms with E-state index in [0.717, 1.165) is 69.1 Å². The van der Waals surface area contributed by atoms with E-state index in [0.29, 0.717) is 29.6 Å². The lowest BCUT2D eigenvalue weighted by Crippen LogP contribution is -2.62. The number of aromatic nitrogens is 1. The van der Waals surface area contributed by atoms with Crippen molar-refractivity contribution in [2.75, 3.05) is 7.11 Å². The molecule has 6 rings (SSSR count). The third kappa shape index (κ3) is 4.08. The van der Waals surface area contributed by atoms with Crippen LogP contribution in [0.15, 0.2) is 18.2 Å². The molecule has 0 radical (unpaired) electrons. The van der Waals surface area contributed by atoms with E-state index >= 15 is 0 Å². The van der Waals surface area contributed by atoms with Gasteiger partial charge >= 0.3 is 0 Å². The smallest absolute Gasteiger partial charge is 0.121 e. The van der Waals surface area contributed by atoms with Crippen molar-refractivity contribution < 1.29 is 20.1 Å². The fourth-order valence-electron chi connectivity index (χ4n) is 9.87. The molecule has 4 fully saturated rings. The number of thiazole rings is 1. The summed E-state index contributed by atoms with van der Waals surface area (Å²) in [6, 6.07) is 6.12. The Bertz CT molecular complexity index is 1140. The molecule has 1 aromatic carbocycles. The summed E-state index contributed by atoms with van der Waals surface area (Å²) in [6.07, 6.45) is 7.77. The van der Waals surface area contributed by atoms with Gasteiger partial charge < -0.3 is 20.1 Å². The second-order valence-electron chi connectivity index (χ2n) is 13.5. The third-order valence-electron chi connectivity index (χ3n) is 12.0. The van der Waals surface area contributed by atoms with E-state index in [1.165, 1.54) is 9.71 Å². The summed E-state index contributed by atoms with van der Waals surface area (Å²) < 4.78 is 6.57. The fraction of sp³-hybridized carbons (Fsp3) is 0.774. The molecular weight excluding hydrogens is 482 g/mol. The molecule has 204 valence electrons. The van der Waals surface area contributed by atoms with Crippen molar-refractivity contribution in [3.05, 3.63) is 23.2 Å². The third-order valence-corrected chi connectivity index (χ3v) is 13.1. The maximum atomic E-state index is 11.8. The highest BCUT2D eigenvalue weighted by Crippen LogP contribution is 2.68. The summed E-state index contributed by atoms with van der Waals surface area (Å²) in [5.41, 5.74) is 1.01. The first-order valence-corrected chi connectivity index (χ1v) is 15.4. The Morgan fingerprint density at radius 1 is 1.08 bits per heavy atom. The minimum atomic E-state index is -0.321. The van der Waals surface area contributed by atoms with Crippen LogP contribution in [-0.4, -0.2) is 45.7 Å². The Morgan fingerprint density at radius 2 is 1.89 bits per heavy atom. The average Bonchev–Trinajstić information content (AvgIpc) is 3.45. The van der Waals surface area contributed by atoms with E-state index in [4.69, 9.17) is 9.72 Å². The van der Waals surface area contributed by atoms with Gasteiger partial charge in [0.2, 0.25) is 0 Å². The molecule has 4 aliphatic carbocycles. The number of aliphatic hydroxyl groups excluding tert-OH is 3. The first-order valence-electron chi connectivity index (χ1n) is 14.6. The highest BCUT2D eigenvalue weighted by molar-refractivity contribution is 7.18. The molecule has 11 atom stereocenters. The lowest BCUT2D eigenvalue weighted by molar-refractivity contribution is -0.207. The van der Waals surface area contributed by atoms with Gasteiger partial charge in [-0.05, 0) is 116 Å². The molecule has 2 aromatic rings. The van der Waals surface area contributed by atoms with Crippen molar-refractivity contribution in [2.24, 2.45) is 46.3 Å². The van der Waals surface area contributed by atoms with Gasteiger partial charge in [-0.15, -0.1) is 11.3 Å².